The van der Waals surface area contributed by atoms with Crippen molar-refractivity contribution in [3.05, 3.63) is 114 Å². The molecule has 5 rings (SSSR count). The van der Waals surface area contributed by atoms with Crippen molar-refractivity contribution in [2.45, 2.75) is 0 Å². The summed E-state index contributed by atoms with van der Waals surface area (Å²) in [7, 11) is 0. The fourth-order valence-electron chi connectivity index (χ4n) is 3.56. The van der Waals surface area contributed by atoms with Crippen molar-refractivity contribution in [3.8, 4) is 21.6 Å². The van der Waals surface area contributed by atoms with Crippen LogP contribution >= 0.6 is 11.3 Å². The van der Waals surface area contributed by atoms with Gasteiger partial charge in [0.2, 0.25) is 0 Å². The lowest BCUT2D eigenvalue weighted by atomic mass is 9.97. The fraction of sp³-hybridized carbons (Fsp3) is 0. The molecule has 0 fully saturated rings. The van der Waals surface area contributed by atoms with Crippen LogP contribution in [0.1, 0.15) is 15.9 Å². The smallest absolute Gasteiger partial charge is 0.193 e. The molecule has 3 aromatic carbocycles. The maximum Gasteiger partial charge on any atom is 0.193 e. The minimum atomic E-state index is 0.0402. The predicted octanol–water partition coefficient (Wildman–Crippen LogP) is 6.86. The first kappa shape index (κ1) is 17.5. The largest absolute Gasteiger partial charge is 0.289 e. The number of hydrogen-bond donors (Lipinski definition) is 0. The molecule has 0 atom stereocenters. The molecule has 0 aliphatic carbocycles. The van der Waals surface area contributed by atoms with Crippen LogP contribution in [0.5, 0.6) is 0 Å². The first-order valence-corrected chi connectivity index (χ1v) is 10.3. The van der Waals surface area contributed by atoms with Gasteiger partial charge in [0.1, 0.15) is 4.83 Å². The summed E-state index contributed by atoms with van der Waals surface area (Å²) in [6.45, 7) is 0. The summed E-state index contributed by atoms with van der Waals surface area (Å²) < 4.78 is 0. The van der Waals surface area contributed by atoms with Crippen LogP contribution in [0.2, 0.25) is 0 Å². The van der Waals surface area contributed by atoms with Gasteiger partial charge in [0.15, 0.2) is 5.78 Å². The van der Waals surface area contributed by atoms with Crippen molar-refractivity contribution in [1.29, 1.82) is 0 Å². The van der Waals surface area contributed by atoms with E-state index in [1.54, 1.807) is 11.3 Å². The topological polar surface area (TPSA) is 30.0 Å². The third-order valence-corrected chi connectivity index (χ3v) is 6.14. The molecule has 0 unspecified atom stereocenters. The van der Waals surface area contributed by atoms with Crippen molar-refractivity contribution in [2.75, 3.05) is 0 Å². The van der Waals surface area contributed by atoms with E-state index in [1.165, 1.54) is 16.0 Å². The SMILES string of the molecule is O=C(c1ccccc1)c1ccc(-c2sc3ncccc3c2-c2ccccc2)cc1. The number of hydrogen-bond acceptors (Lipinski definition) is 3. The minimum Gasteiger partial charge on any atom is -0.289 e. The number of nitrogens with zero attached hydrogens (tertiary/aromatic N) is 1. The molecule has 29 heavy (non-hydrogen) atoms. The second-order valence-electron chi connectivity index (χ2n) is 6.80. The second-order valence-corrected chi connectivity index (χ2v) is 7.80. The van der Waals surface area contributed by atoms with Gasteiger partial charge in [-0.05, 0) is 23.3 Å². The highest BCUT2D eigenvalue weighted by Crippen LogP contribution is 2.43. The van der Waals surface area contributed by atoms with E-state index in [2.05, 4.69) is 35.3 Å². The van der Waals surface area contributed by atoms with Gasteiger partial charge in [-0.25, -0.2) is 4.98 Å². The first-order chi connectivity index (χ1) is 14.3. The molecule has 0 bridgehead atoms. The van der Waals surface area contributed by atoms with Gasteiger partial charge in [-0.1, -0.05) is 84.9 Å². The number of pyridine rings is 1. The van der Waals surface area contributed by atoms with Gasteiger partial charge in [-0.3, -0.25) is 4.79 Å². The highest BCUT2D eigenvalue weighted by atomic mass is 32.1. The third kappa shape index (κ3) is 3.26. The molecular weight excluding hydrogens is 374 g/mol. The Balaban J connectivity index is 1.61. The lowest BCUT2D eigenvalue weighted by Gasteiger charge is -2.07. The number of ketones is 1. The number of rotatable bonds is 4. The fourth-order valence-corrected chi connectivity index (χ4v) is 4.73. The first-order valence-electron chi connectivity index (χ1n) is 9.44. The van der Waals surface area contributed by atoms with Crippen LogP contribution in [0.25, 0.3) is 31.8 Å². The minimum absolute atomic E-state index is 0.0402. The summed E-state index contributed by atoms with van der Waals surface area (Å²) in [5.41, 5.74) is 4.86. The number of carbonyl (C=O) groups excluding carboxylic acids is 1. The van der Waals surface area contributed by atoms with Crippen LogP contribution in [-0.4, -0.2) is 10.8 Å². The Hall–Kier alpha value is -3.56. The third-order valence-electron chi connectivity index (χ3n) is 4.97. The van der Waals surface area contributed by atoms with E-state index in [1.807, 2.05) is 72.9 Å². The summed E-state index contributed by atoms with van der Waals surface area (Å²) in [6.07, 6.45) is 1.83. The number of benzene rings is 3. The molecule has 3 heteroatoms. The number of carbonyl (C=O) groups is 1. The number of fused-ring (bicyclic) bond motifs is 1. The normalized spacial score (nSPS) is 10.9. The zero-order chi connectivity index (χ0) is 19.6. The molecule has 0 spiro atoms. The van der Waals surface area contributed by atoms with Gasteiger partial charge in [-0.2, -0.15) is 0 Å². The summed E-state index contributed by atoms with van der Waals surface area (Å²) in [4.78, 5) is 19.5. The van der Waals surface area contributed by atoms with Gasteiger partial charge in [-0.15, -0.1) is 11.3 Å². The Bertz CT molecular complexity index is 1290. The lowest BCUT2D eigenvalue weighted by Crippen LogP contribution is -2.00. The van der Waals surface area contributed by atoms with E-state index in [-0.39, 0.29) is 5.78 Å². The summed E-state index contributed by atoms with van der Waals surface area (Å²) in [5, 5.41) is 1.16. The second kappa shape index (κ2) is 7.46. The van der Waals surface area contributed by atoms with Gasteiger partial charge >= 0.3 is 0 Å². The Morgan fingerprint density at radius 3 is 2.03 bits per heavy atom. The molecule has 0 aliphatic heterocycles. The lowest BCUT2D eigenvalue weighted by molar-refractivity contribution is 0.103. The van der Waals surface area contributed by atoms with Crippen LogP contribution in [0, 0.1) is 0 Å². The van der Waals surface area contributed by atoms with Crippen LogP contribution in [0.15, 0.2) is 103 Å². The summed E-state index contributed by atoms with van der Waals surface area (Å²) in [6, 6.07) is 31.8. The molecule has 0 aliphatic rings. The monoisotopic (exact) mass is 391 g/mol. The van der Waals surface area contributed by atoms with E-state index in [9.17, 15) is 4.79 Å². The average molecular weight is 391 g/mol. The van der Waals surface area contributed by atoms with Gasteiger partial charge in [0.05, 0.1) is 0 Å². The molecule has 0 amide bonds. The molecule has 0 saturated carbocycles. The average Bonchev–Trinajstić information content (AvgIpc) is 3.19. The van der Waals surface area contributed by atoms with E-state index in [0.717, 1.165) is 15.8 Å². The Morgan fingerprint density at radius 2 is 1.31 bits per heavy atom. The molecule has 2 aromatic heterocycles. The van der Waals surface area contributed by atoms with Crippen molar-refractivity contribution >= 4 is 27.3 Å². The summed E-state index contributed by atoms with van der Waals surface area (Å²) in [5.74, 6) is 0.0402. The maximum atomic E-state index is 12.7. The standard InChI is InChI=1S/C26H17NOS/c28-24(19-10-5-2-6-11-19)20-13-15-21(16-14-20)25-23(18-8-3-1-4-9-18)22-12-7-17-27-26(22)29-25/h1-17H. The maximum absolute atomic E-state index is 12.7. The van der Waals surface area contributed by atoms with Gasteiger partial charge < -0.3 is 0 Å². The molecule has 2 heterocycles. The van der Waals surface area contributed by atoms with Crippen molar-refractivity contribution in [3.63, 3.8) is 0 Å². The molecule has 0 N–H and O–H groups in total. The highest BCUT2D eigenvalue weighted by Gasteiger charge is 2.17. The van der Waals surface area contributed by atoms with E-state index >= 15 is 0 Å². The predicted molar refractivity (Wildman–Crippen MR) is 120 cm³/mol. The van der Waals surface area contributed by atoms with E-state index < -0.39 is 0 Å². The zero-order valence-electron chi connectivity index (χ0n) is 15.6. The zero-order valence-corrected chi connectivity index (χ0v) is 16.4. The van der Waals surface area contributed by atoms with Crippen LogP contribution in [0.3, 0.4) is 0 Å². The molecule has 138 valence electrons. The number of aromatic nitrogens is 1. The van der Waals surface area contributed by atoms with Gasteiger partial charge in [0, 0.05) is 33.2 Å². The Kier molecular flexibility index (Phi) is 4.51. The number of thiophene rings is 1. The van der Waals surface area contributed by atoms with Crippen LogP contribution < -0.4 is 0 Å². The molecular formula is C26H17NOS. The Morgan fingerprint density at radius 1 is 0.655 bits per heavy atom. The van der Waals surface area contributed by atoms with E-state index in [0.29, 0.717) is 11.1 Å². The van der Waals surface area contributed by atoms with Crippen molar-refractivity contribution in [1.82, 2.24) is 4.98 Å². The molecule has 5 aromatic rings. The molecule has 0 saturated heterocycles. The highest BCUT2D eigenvalue weighted by molar-refractivity contribution is 7.22. The quantitative estimate of drug-likeness (QED) is 0.313. The van der Waals surface area contributed by atoms with Gasteiger partial charge in [0.25, 0.3) is 0 Å². The van der Waals surface area contributed by atoms with Crippen LogP contribution in [0.4, 0.5) is 0 Å². The van der Waals surface area contributed by atoms with Crippen molar-refractivity contribution < 1.29 is 4.79 Å². The molecule has 2 nitrogen and oxygen atoms in total. The summed E-state index contributed by atoms with van der Waals surface area (Å²) >= 11 is 1.69. The van der Waals surface area contributed by atoms with Crippen LogP contribution in [-0.2, 0) is 0 Å². The molecule has 0 radical (unpaired) electrons. The Labute approximate surface area is 173 Å². The van der Waals surface area contributed by atoms with Crippen molar-refractivity contribution in [2.24, 2.45) is 0 Å². The van der Waals surface area contributed by atoms with E-state index in [4.69, 9.17) is 0 Å².